The lowest BCUT2D eigenvalue weighted by Crippen LogP contribution is -2.23. The molecule has 1 aliphatic carbocycles. The summed E-state index contributed by atoms with van der Waals surface area (Å²) in [6, 6.07) is 5.19. The van der Waals surface area contributed by atoms with Crippen molar-refractivity contribution in [1.82, 2.24) is 4.57 Å². The molecule has 0 bridgehead atoms. The number of hydrogen-bond acceptors (Lipinski definition) is 9. The van der Waals surface area contributed by atoms with E-state index in [0.717, 1.165) is 46.2 Å². The Hall–Kier alpha value is -2.67. The molecule has 13 heteroatoms. The van der Waals surface area contributed by atoms with E-state index in [1.807, 2.05) is 0 Å². The number of rotatable bonds is 9. The number of fused-ring (bicyclic) bond motifs is 2. The summed E-state index contributed by atoms with van der Waals surface area (Å²) in [7, 11) is 1.29. The molecule has 0 radical (unpaired) electrons. The van der Waals surface area contributed by atoms with E-state index < -0.39 is 17.8 Å². The number of methoxy groups -OCH3 is 1. The van der Waals surface area contributed by atoms with Gasteiger partial charge in [0.25, 0.3) is 5.91 Å². The average Bonchev–Trinajstić information content (AvgIpc) is 3.52. The van der Waals surface area contributed by atoms with Gasteiger partial charge in [-0.3, -0.25) is 14.4 Å². The summed E-state index contributed by atoms with van der Waals surface area (Å²) in [5, 5.41) is 3.84. The van der Waals surface area contributed by atoms with Crippen LogP contribution in [0.1, 0.15) is 34.1 Å². The molecule has 1 aliphatic rings. The van der Waals surface area contributed by atoms with Crippen molar-refractivity contribution in [3.8, 4) is 0 Å². The van der Waals surface area contributed by atoms with Crippen molar-refractivity contribution in [3.05, 3.63) is 44.0 Å². The lowest BCUT2D eigenvalue weighted by atomic mass is 10.1. The van der Waals surface area contributed by atoms with Crippen molar-refractivity contribution < 1.29 is 28.7 Å². The van der Waals surface area contributed by atoms with E-state index in [9.17, 15) is 19.2 Å². The number of nitrogens with zero attached hydrogens (tertiary/aromatic N) is 2. The molecular formula is C24H24ClN3O6S3. The molecule has 9 nitrogen and oxygen atoms in total. The number of hydrogen-bond donors (Lipinski definition) is 1. The third-order valence-corrected chi connectivity index (χ3v) is 8.89. The molecule has 0 spiro atoms. The van der Waals surface area contributed by atoms with Gasteiger partial charge in [0.1, 0.15) is 11.5 Å². The zero-order valence-corrected chi connectivity index (χ0v) is 23.3. The number of nitrogens with one attached hydrogen (secondary N) is 1. The monoisotopic (exact) mass is 581 g/mol. The van der Waals surface area contributed by atoms with Gasteiger partial charge >= 0.3 is 11.9 Å². The van der Waals surface area contributed by atoms with Crippen LogP contribution < -0.4 is 10.1 Å². The second-order valence-corrected chi connectivity index (χ2v) is 11.5. The minimum absolute atomic E-state index is 0.0102. The van der Waals surface area contributed by atoms with Crippen molar-refractivity contribution in [3.63, 3.8) is 0 Å². The highest BCUT2D eigenvalue weighted by molar-refractivity contribution is 8.00. The normalized spacial score (nSPS) is 13.0. The Bertz CT molecular complexity index is 1440. The van der Waals surface area contributed by atoms with Crippen molar-refractivity contribution in [2.24, 2.45) is 4.99 Å². The molecule has 1 aromatic carbocycles. The summed E-state index contributed by atoms with van der Waals surface area (Å²) >= 11 is 9.83. The molecule has 196 valence electrons. The number of benzene rings is 1. The first kappa shape index (κ1) is 27.4. The van der Waals surface area contributed by atoms with E-state index in [2.05, 4.69) is 10.3 Å². The highest BCUT2D eigenvalue weighted by Crippen LogP contribution is 2.39. The van der Waals surface area contributed by atoms with E-state index >= 15 is 0 Å². The number of esters is 2. The summed E-state index contributed by atoms with van der Waals surface area (Å²) < 4.78 is 12.3. The molecule has 0 saturated heterocycles. The van der Waals surface area contributed by atoms with Gasteiger partial charge in [-0.1, -0.05) is 22.9 Å². The second kappa shape index (κ2) is 12.2. The predicted molar refractivity (Wildman–Crippen MR) is 146 cm³/mol. The van der Waals surface area contributed by atoms with E-state index in [-0.39, 0.29) is 30.6 Å². The predicted octanol–water partition coefficient (Wildman–Crippen LogP) is 4.06. The quantitative estimate of drug-likeness (QED) is 0.379. The van der Waals surface area contributed by atoms with Gasteiger partial charge < -0.3 is 19.4 Å². The van der Waals surface area contributed by atoms with Crippen LogP contribution in [0.15, 0.2) is 23.2 Å². The first-order chi connectivity index (χ1) is 17.8. The Labute approximate surface area is 229 Å². The van der Waals surface area contributed by atoms with Crippen LogP contribution in [0.5, 0.6) is 0 Å². The zero-order valence-electron chi connectivity index (χ0n) is 20.1. The largest absolute Gasteiger partial charge is 0.468 e. The number of thiophene rings is 1. The van der Waals surface area contributed by atoms with Gasteiger partial charge in [0, 0.05) is 9.90 Å². The van der Waals surface area contributed by atoms with Crippen LogP contribution in [0.25, 0.3) is 10.2 Å². The van der Waals surface area contributed by atoms with E-state index in [1.165, 1.54) is 29.8 Å². The molecular weight excluding hydrogens is 558 g/mol. The van der Waals surface area contributed by atoms with Crippen LogP contribution in [0.3, 0.4) is 0 Å². The van der Waals surface area contributed by atoms with Crippen molar-refractivity contribution in [2.75, 3.05) is 30.5 Å². The maximum atomic E-state index is 12.6. The first-order valence-corrected chi connectivity index (χ1v) is 14.6. The van der Waals surface area contributed by atoms with Crippen LogP contribution in [-0.4, -0.2) is 53.5 Å². The molecule has 3 aromatic rings. The van der Waals surface area contributed by atoms with Gasteiger partial charge in [0.15, 0.2) is 4.80 Å². The van der Waals surface area contributed by atoms with E-state index in [1.54, 1.807) is 29.7 Å². The third-order valence-electron chi connectivity index (χ3n) is 5.49. The van der Waals surface area contributed by atoms with E-state index in [4.69, 9.17) is 21.1 Å². The second-order valence-electron chi connectivity index (χ2n) is 7.99. The smallest absolute Gasteiger partial charge is 0.341 e. The summed E-state index contributed by atoms with van der Waals surface area (Å²) in [5.41, 5.74) is 2.12. The maximum Gasteiger partial charge on any atom is 0.341 e. The average molecular weight is 582 g/mol. The number of halogens is 1. The Morgan fingerprint density at radius 3 is 2.76 bits per heavy atom. The van der Waals surface area contributed by atoms with Crippen molar-refractivity contribution in [1.29, 1.82) is 0 Å². The molecule has 4 rings (SSSR count). The molecule has 2 amide bonds. The first-order valence-electron chi connectivity index (χ1n) is 11.4. The van der Waals surface area contributed by atoms with Gasteiger partial charge in [-0.2, -0.15) is 4.99 Å². The van der Waals surface area contributed by atoms with E-state index in [0.29, 0.717) is 25.9 Å². The van der Waals surface area contributed by atoms with Crippen molar-refractivity contribution >= 4 is 85.0 Å². The fraction of sp³-hybridized carbons (Fsp3) is 0.375. The third kappa shape index (κ3) is 6.43. The van der Waals surface area contributed by atoms with Crippen LogP contribution in [0, 0.1) is 0 Å². The number of amides is 2. The number of aryl methyl sites for hydroxylation is 1. The Kier molecular flexibility index (Phi) is 9.06. The summed E-state index contributed by atoms with van der Waals surface area (Å²) in [5.74, 6) is -1.69. The molecule has 1 N–H and O–H groups in total. The Morgan fingerprint density at radius 1 is 1.19 bits per heavy atom. The SMILES string of the molecule is CCOC(=O)c1c(NC(=O)CSCC(=O)N=c2sc3cc(Cl)ccc3n2CC(=O)OC)sc2c1CCC2. The lowest BCUT2D eigenvalue weighted by molar-refractivity contribution is -0.141. The topological polar surface area (TPSA) is 116 Å². The molecule has 2 aromatic heterocycles. The number of thioether (sulfide) groups is 1. The number of aromatic nitrogens is 1. The minimum Gasteiger partial charge on any atom is -0.468 e. The van der Waals surface area contributed by atoms with Crippen molar-refractivity contribution in [2.45, 2.75) is 32.7 Å². The standard InChI is InChI=1S/C24H24ClN3O6S3/c1-3-34-23(32)21-14-5-4-6-16(14)36-22(21)26-18(29)11-35-12-19(30)27-24-28(10-20(31)33-2)15-8-7-13(25)9-17(15)37-24/h7-9H,3-6,10-12H2,1-2H3,(H,26,29). The molecule has 0 saturated carbocycles. The van der Waals surface area contributed by atoms with Crippen LogP contribution in [0.4, 0.5) is 5.00 Å². The molecule has 2 heterocycles. The Balaban J connectivity index is 1.42. The summed E-state index contributed by atoms with van der Waals surface area (Å²) in [4.78, 5) is 55.2. The zero-order chi connectivity index (χ0) is 26.5. The number of thiazole rings is 1. The Morgan fingerprint density at radius 2 is 2.00 bits per heavy atom. The minimum atomic E-state index is -0.476. The molecule has 37 heavy (non-hydrogen) atoms. The number of carbonyl (C=O) groups is 4. The fourth-order valence-corrected chi connectivity index (χ4v) is 7.14. The summed E-state index contributed by atoms with van der Waals surface area (Å²) in [6.07, 6.45) is 2.66. The maximum absolute atomic E-state index is 12.6. The number of ether oxygens (including phenoxy) is 2. The van der Waals surface area contributed by atoms with Crippen LogP contribution in [0.2, 0.25) is 5.02 Å². The van der Waals surface area contributed by atoms with Crippen LogP contribution in [-0.2, 0) is 43.2 Å². The highest BCUT2D eigenvalue weighted by atomic mass is 35.5. The highest BCUT2D eigenvalue weighted by Gasteiger charge is 2.28. The van der Waals surface area contributed by atoms with Gasteiger partial charge in [-0.25, -0.2) is 4.79 Å². The lowest BCUT2D eigenvalue weighted by Gasteiger charge is -2.07. The van der Waals surface area contributed by atoms with Gasteiger partial charge in [-0.05, 0) is 49.9 Å². The molecule has 0 aliphatic heterocycles. The van der Waals surface area contributed by atoms with Gasteiger partial charge in [0.2, 0.25) is 5.91 Å². The van der Waals surface area contributed by atoms with Crippen LogP contribution >= 0.6 is 46.0 Å². The molecule has 0 unspecified atom stereocenters. The van der Waals surface area contributed by atoms with Gasteiger partial charge in [-0.15, -0.1) is 23.1 Å². The fourth-order valence-electron chi connectivity index (χ4n) is 3.92. The number of anilines is 1. The molecule has 0 atom stereocenters. The molecule has 0 fully saturated rings. The summed E-state index contributed by atoms with van der Waals surface area (Å²) in [6.45, 7) is 1.89. The van der Waals surface area contributed by atoms with Gasteiger partial charge in [0.05, 0.1) is 41.0 Å². The number of carbonyl (C=O) groups excluding carboxylic acids is 4.